The Hall–Kier alpha value is -1.34. The summed E-state index contributed by atoms with van der Waals surface area (Å²) in [5.41, 5.74) is 0. The second-order valence-electron chi connectivity index (χ2n) is 3.77. The Morgan fingerprint density at radius 3 is 1.47 bits per heavy atom. The topological polar surface area (TPSA) is 80.3 Å². The molecule has 0 saturated carbocycles. The summed E-state index contributed by atoms with van der Waals surface area (Å²) in [5.74, 6) is -2.75. The van der Waals surface area contributed by atoms with E-state index in [0.717, 1.165) is 0 Å². The molecule has 0 aromatic heterocycles. The van der Waals surface area contributed by atoms with Gasteiger partial charge in [0.25, 0.3) is 0 Å². The highest BCUT2D eigenvalue weighted by Gasteiger charge is 2.36. The second-order valence-corrected chi connectivity index (χ2v) is 3.77. The highest BCUT2D eigenvalue weighted by Crippen LogP contribution is 2.22. The van der Waals surface area contributed by atoms with Gasteiger partial charge in [-0.3, -0.25) is 0 Å². The fourth-order valence-corrected chi connectivity index (χ4v) is 0.746. The Kier molecular flexibility index (Phi) is 2.87. The van der Waals surface area contributed by atoms with Crippen LogP contribution in [0.3, 0.4) is 0 Å². The molecule has 1 aliphatic heterocycles. The summed E-state index contributed by atoms with van der Waals surface area (Å²) in [4.78, 5) is 31.5. The monoisotopic (exact) mass is 220 g/mol. The van der Waals surface area contributed by atoms with E-state index in [2.05, 4.69) is 14.2 Å². The number of ether oxygens (including phenoxy) is 3. The molecule has 0 aromatic rings. The first kappa shape index (κ1) is 11.7. The number of cyclic esters (lactones) is 4. The molecule has 1 rings (SSSR count). The normalized spacial score (nSPS) is 25.1. The van der Waals surface area contributed by atoms with Crippen molar-refractivity contribution in [2.24, 2.45) is 0 Å². The number of hydrogen-bond acceptors (Lipinski definition) is 7. The van der Waals surface area contributed by atoms with Gasteiger partial charge in [-0.05, 0) is 0 Å². The van der Waals surface area contributed by atoms with Gasteiger partial charge in [-0.1, -0.05) is 0 Å². The second kappa shape index (κ2) is 3.67. The van der Waals surface area contributed by atoms with Crippen LogP contribution in [0.5, 0.6) is 0 Å². The Morgan fingerprint density at radius 1 is 0.800 bits per heavy atom. The maximum absolute atomic E-state index is 10.9. The predicted octanol–water partition coefficient (Wildman–Crippen LogP) is 1.71. The van der Waals surface area contributed by atoms with Gasteiger partial charge < -0.3 is 14.2 Å². The van der Waals surface area contributed by atoms with E-state index in [9.17, 15) is 9.59 Å². The largest absolute Gasteiger partial charge is 0.521 e. The van der Waals surface area contributed by atoms with Crippen molar-refractivity contribution in [1.82, 2.24) is 0 Å². The summed E-state index contributed by atoms with van der Waals surface area (Å²) >= 11 is 0. The van der Waals surface area contributed by atoms with Crippen LogP contribution >= 0.6 is 0 Å². The van der Waals surface area contributed by atoms with Crippen LogP contribution < -0.4 is 0 Å². The van der Waals surface area contributed by atoms with Crippen molar-refractivity contribution < 1.29 is 33.6 Å². The Morgan fingerprint density at radius 2 is 1.13 bits per heavy atom. The summed E-state index contributed by atoms with van der Waals surface area (Å²) < 4.78 is 13.4. The maximum Gasteiger partial charge on any atom is 0.521 e. The van der Waals surface area contributed by atoms with Gasteiger partial charge in [-0.25, -0.2) is 9.59 Å². The molecule has 1 heterocycles. The zero-order valence-electron chi connectivity index (χ0n) is 8.86. The smallest absolute Gasteiger partial charge is 0.399 e. The van der Waals surface area contributed by atoms with Crippen molar-refractivity contribution >= 4 is 12.3 Å². The third-order valence-corrected chi connectivity index (χ3v) is 1.27. The molecule has 1 aliphatic rings. The third kappa shape index (κ3) is 3.72. The van der Waals surface area contributed by atoms with E-state index < -0.39 is 23.9 Å². The Labute approximate surface area is 86.1 Å². The number of rotatable bonds is 0. The molecule has 0 bridgehead atoms. The number of carbonyl (C=O) groups excluding carboxylic acids is 2. The highest BCUT2D eigenvalue weighted by atomic mass is 17.3. The lowest BCUT2D eigenvalue weighted by Crippen LogP contribution is -2.35. The molecule has 0 N–H and O–H groups in total. The van der Waals surface area contributed by atoms with Gasteiger partial charge in [0.05, 0.1) is 0 Å². The van der Waals surface area contributed by atoms with Gasteiger partial charge in [0, 0.05) is 27.7 Å². The molecular formula is C8H12O7. The van der Waals surface area contributed by atoms with Crippen molar-refractivity contribution in [3.63, 3.8) is 0 Å². The average molecular weight is 220 g/mol. The van der Waals surface area contributed by atoms with Crippen LogP contribution in [0.2, 0.25) is 0 Å². The minimum atomic E-state index is -1.37. The number of carbonyl (C=O) groups is 2. The van der Waals surface area contributed by atoms with E-state index >= 15 is 0 Å². The molecule has 0 aliphatic carbocycles. The molecule has 7 heteroatoms. The zero-order chi connectivity index (χ0) is 11.7. The molecule has 0 aromatic carbocycles. The van der Waals surface area contributed by atoms with Crippen LogP contribution in [0.1, 0.15) is 27.7 Å². The molecule has 86 valence electrons. The molecule has 0 spiro atoms. The molecule has 15 heavy (non-hydrogen) atoms. The molecule has 0 atom stereocenters. The number of hydrogen-bond donors (Lipinski definition) is 0. The average Bonchev–Trinajstić information content (AvgIpc) is 1.99. The van der Waals surface area contributed by atoms with E-state index in [1.165, 1.54) is 27.7 Å². The van der Waals surface area contributed by atoms with Crippen molar-refractivity contribution in [3.8, 4) is 0 Å². The first-order chi connectivity index (χ1) is 6.70. The zero-order valence-corrected chi connectivity index (χ0v) is 8.86. The standard InChI is InChI=1S/C8H12O7/c1-7(2)12-5(9)11-6(10)13-8(3,4)15-14-7/h1-4H3. The van der Waals surface area contributed by atoms with Crippen LogP contribution in [0.25, 0.3) is 0 Å². The summed E-state index contributed by atoms with van der Waals surface area (Å²) in [5, 5.41) is 0. The molecule has 1 fully saturated rings. The fraction of sp³-hybridized carbons (Fsp3) is 0.750. The molecule has 0 radical (unpaired) electrons. The lowest BCUT2D eigenvalue weighted by molar-refractivity contribution is -0.472. The van der Waals surface area contributed by atoms with Crippen LogP contribution in [-0.2, 0) is 24.0 Å². The van der Waals surface area contributed by atoms with Crippen molar-refractivity contribution in [3.05, 3.63) is 0 Å². The Balaban J connectivity index is 2.82. The van der Waals surface area contributed by atoms with Gasteiger partial charge in [-0.2, -0.15) is 9.78 Å². The molecule has 7 nitrogen and oxygen atoms in total. The first-order valence-electron chi connectivity index (χ1n) is 4.21. The van der Waals surface area contributed by atoms with Crippen LogP contribution in [-0.4, -0.2) is 23.9 Å². The van der Waals surface area contributed by atoms with E-state index in [-0.39, 0.29) is 0 Å². The van der Waals surface area contributed by atoms with Gasteiger partial charge in [0.2, 0.25) is 11.6 Å². The van der Waals surface area contributed by atoms with E-state index in [0.29, 0.717) is 0 Å². The molecule has 0 unspecified atom stereocenters. The molecule has 0 amide bonds. The van der Waals surface area contributed by atoms with Crippen molar-refractivity contribution in [1.29, 1.82) is 0 Å². The summed E-state index contributed by atoms with van der Waals surface area (Å²) in [6.45, 7) is 5.67. The predicted molar refractivity (Wildman–Crippen MR) is 44.4 cm³/mol. The quantitative estimate of drug-likeness (QED) is 0.349. The summed E-state index contributed by atoms with van der Waals surface area (Å²) in [6, 6.07) is 0. The van der Waals surface area contributed by atoms with Crippen LogP contribution in [0.15, 0.2) is 0 Å². The maximum atomic E-state index is 10.9. The van der Waals surface area contributed by atoms with Crippen LogP contribution in [0, 0.1) is 0 Å². The van der Waals surface area contributed by atoms with Crippen LogP contribution in [0.4, 0.5) is 9.59 Å². The van der Waals surface area contributed by atoms with Gasteiger partial charge in [0.1, 0.15) is 0 Å². The van der Waals surface area contributed by atoms with Gasteiger partial charge in [0.15, 0.2) is 0 Å². The van der Waals surface area contributed by atoms with E-state index in [4.69, 9.17) is 9.78 Å². The lowest BCUT2D eigenvalue weighted by atomic mass is 10.4. The van der Waals surface area contributed by atoms with Crippen molar-refractivity contribution in [2.75, 3.05) is 0 Å². The van der Waals surface area contributed by atoms with Gasteiger partial charge in [-0.15, -0.1) is 0 Å². The fourth-order valence-electron chi connectivity index (χ4n) is 0.746. The van der Waals surface area contributed by atoms with E-state index in [1.807, 2.05) is 0 Å². The Bertz CT molecular complexity index is 253. The van der Waals surface area contributed by atoms with Crippen molar-refractivity contribution in [2.45, 2.75) is 39.3 Å². The first-order valence-corrected chi connectivity index (χ1v) is 4.21. The minimum absolute atomic E-state index is 1.22. The third-order valence-electron chi connectivity index (χ3n) is 1.27. The molecule has 1 saturated heterocycles. The highest BCUT2D eigenvalue weighted by molar-refractivity contribution is 5.77. The van der Waals surface area contributed by atoms with Gasteiger partial charge >= 0.3 is 12.3 Å². The SMILES string of the molecule is CC1(C)OOC(C)(C)OC(=O)OC(=O)O1. The minimum Gasteiger partial charge on any atom is -0.399 e. The van der Waals surface area contributed by atoms with E-state index in [1.54, 1.807) is 0 Å². The molecular weight excluding hydrogens is 208 g/mol. The summed E-state index contributed by atoms with van der Waals surface area (Å²) in [6.07, 6.45) is -2.43. The summed E-state index contributed by atoms with van der Waals surface area (Å²) in [7, 11) is 0. The lowest BCUT2D eigenvalue weighted by Gasteiger charge is -2.26.